The molecule has 6 aliphatic rings. The van der Waals surface area contributed by atoms with Crippen molar-refractivity contribution in [2.45, 2.75) is 240 Å². The van der Waals surface area contributed by atoms with Crippen LogP contribution in [0.5, 0.6) is 5.75 Å². The molecule has 0 N–H and O–H groups in total. The number of carbonyl (C=O) groups excluding carboxylic acids is 5. The first kappa shape index (κ1) is 106. The first-order valence-electron chi connectivity index (χ1n) is 50.9. The zero-order chi connectivity index (χ0) is 107. The van der Waals surface area contributed by atoms with E-state index in [1.54, 1.807) is 17.0 Å². The second-order valence-electron chi connectivity index (χ2n) is 46.3. The Labute approximate surface area is 894 Å². The zero-order valence-electron chi connectivity index (χ0n) is 89.6. The van der Waals surface area contributed by atoms with Crippen molar-refractivity contribution in [1.82, 2.24) is 0 Å². The Bertz CT molecular complexity index is 7740. The number of benzene rings is 15. The van der Waals surface area contributed by atoms with Gasteiger partial charge in [-0.3, -0.25) is 48.5 Å². The summed E-state index contributed by atoms with van der Waals surface area (Å²) in [5.74, 6) is 0.727. The van der Waals surface area contributed by atoms with Crippen molar-refractivity contribution in [2.75, 3.05) is 24.5 Å². The molecule has 6 heterocycles. The van der Waals surface area contributed by atoms with Gasteiger partial charge in [-0.05, 0) is 370 Å². The van der Waals surface area contributed by atoms with Gasteiger partial charge in [0.15, 0.2) is 0 Å². The zero-order valence-corrected chi connectivity index (χ0v) is 92.6. The van der Waals surface area contributed by atoms with Crippen molar-refractivity contribution in [1.29, 1.82) is 0 Å². The minimum atomic E-state index is -1.04. The summed E-state index contributed by atoms with van der Waals surface area (Å²) in [6.45, 7) is 52.2. The van der Waals surface area contributed by atoms with Gasteiger partial charge in [-0.15, -0.1) is 0 Å². The van der Waals surface area contributed by atoms with Crippen LogP contribution in [0.3, 0.4) is 0 Å². The number of carbonyl (C=O) groups is 5. The normalized spacial score (nSPS) is 19.3. The van der Waals surface area contributed by atoms with E-state index in [0.29, 0.717) is 31.2 Å². The number of fused-ring (bicyclic) bond motifs is 6. The molecule has 0 fully saturated rings. The number of aryl methyl sites for hydroxylation is 7. The van der Waals surface area contributed by atoms with Crippen molar-refractivity contribution in [3.05, 3.63) is 464 Å². The lowest BCUT2D eigenvalue weighted by molar-refractivity contribution is -0.121. The van der Waals surface area contributed by atoms with Crippen LogP contribution in [0.25, 0.3) is 0 Å². The average molecular weight is 2050 g/mol. The molecule has 5 atom stereocenters. The lowest BCUT2D eigenvalue weighted by Gasteiger charge is -2.34. The second-order valence-corrected chi connectivity index (χ2v) is 48.0. The Hall–Kier alpha value is -13.5. The monoisotopic (exact) mass is 2040 g/mol. The van der Waals surface area contributed by atoms with E-state index in [2.05, 4.69) is 206 Å². The fourth-order valence-corrected chi connectivity index (χ4v) is 22.3. The molecule has 756 valence electrons. The van der Waals surface area contributed by atoms with Crippen molar-refractivity contribution >= 4 is 133 Å². The van der Waals surface area contributed by atoms with Crippen LogP contribution in [-0.2, 0) is 79.1 Å². The Balaban J connectivity index is 0.000000126. The fraction of sp³-hybridized carbons (Fsp3) is 0.280. The van der Waals surface area contributed by atoms with Gasteiger partial charge in [0.1, 0.15) is 17.2 Å². The Kier molecular flexibility index (Phi) is 28.3. The molecule has 0 saturated carbocycles. The molecule has 148 heavy (non-hydrogen) atoms. The highest BCUT2D eigenvalue weighted by molar-refractivity contribution is 6.33. The molecular formula is C132H132Cl4FN5O6. The van der Waals surface area contributed by atoms with Crippen molar-refractivity contribution in [3.8, 4) is 5.75 Å². The van der Waals surface area contributed by atoms with E-state index in [1.807, 2.05) is 290 Å². The van der Waals surface area contributed by atoms with Gasteiger partial charge < -0.3 is 4.74 Å². The number of ether oxygens (including phenoxy) is 1. The lowest BCUT2D eigenvalue weighted by Crippen LogP contribution is -2.37. The number of hydrogen-bond donors (Lipinski definition) is 0. The van der Waals surface area contributed by atoms with Crippen LogP contribution in [-0.4, -0.2) is 35.1 Å². The third-order valence-corrected chi connectivity index (χ3v) is 31.7. The van der Waals surface area contributed by atoms with Crippen molar-refractivity contribution in [2.24, 2.45) is 0 Å². The van der Waals surface area contributed by atoms with Crippen LogP contribution < -0.4 is 29.2 Å². The summed E-state index contributed by atoms with van der Waals surface area (Å²) >= 11 is 25.4. The van der Waals surface area contributed by atoms with E-state index in [-0.39, 0.29) is 62.6 Å². The predicted molar refractivity (Wildman–Crippen MR) is 611 cm³/mol. The SMILES string of the molecule is Cc1ccc(N2C(=O)C(C)(c3ccc(C(C)(C)C)cc3)c3cc(Cl)ccc32)cc1.Cc1ccc(N2C(=O)C(C)(c3ccc(C(C)(C)C)cc3)c3ccc(C)cc32)cc1.Cc1cccc(N2C(=O)C(C)(c3ccc(C(C)(C)C)c(F)c3)c3cc(Cl)ccc32)c1.Cc1cccc(N2C(=O)C(C)(c3ccc(C(C)(C)C)cc3)c3ccc(Cl)cc32)c1.Cc1cccc(N2C(=O)C(C)(c3ccc4c(c3)CCC(C)(C)O4)c3ccc(Cl)cc32)c1. The van der Waals surface area contributed by atoms with Gasteiger partial charge in [-0.25, -0.2) is 4.39 Å². The Morgan fingerprint density at radius 1 is 0.264 bits per heavy atom. The Morgan fingerprint density at radius 3 is 0.919 bits per heavy atom. The standard InChI is InChI=1S/C27H26ClNO2.C27H29NO.C26H25ClFNO.2C26H26ClNO/c1-17-6-5-7-21(14-17)29-23-16-20(28)9-10-22(23)27(4,25(29)30)19-8-11-24-18(15-19)12-13-26(2,3)31-24;1-18-7-14-22(15-8-18)28-24-17-19(2)9-16-23(24)27(6,25(28)29)21-12-10-20(11-13-21)26(3,4)5;1-16-7-6-8-19(13-16)29-23-12-10-18(27)15-21(23)26(5,24(29)30)17-9-11-20(22(28)14-17)25(2,3)4;1-17-6-13-21(14-7-17)28-23-15-12-20(27)16-22(23)26(5,24(28)29)19-10-8-18(9-11-19)25(2,3)4;1-17-7-6-8-21(15-17)28-23-16-20(27)13-14-22(23)26(5,24(28)29)19-11-9-18(10-12-19)25(2,3)4/h5-11,14-16H,12-13H2,1-4H3;7-17H,1-6H3;6-15H,1-5H3;2*6-16H,1-5H3. The van der Waals surface area contributed by atoms with Gasteiger partial charge in [0, 0.05) is 48.5 Å². The van der Waals surface area contributed by atoms with Crippen molar-refractivity contribution < 1.29 is 33.1 Å². The van der Waals surface area contributed by atoms with Crippen LogP contribution in [0.1, 0.15) is 255 Å². The number of halogens is 5. The summed E-state index contributed by atoms with van der Waals surface area (Å²) in [4.78, 5) is 78.6. The molecule has 16 heteroatoms. The molecule has 0 spiro atoms. The molecule has 0 saturated heterocycles. The minimum absolute atomic E-state index is 0.0346. The van der Waals surface area contributed by atoms with Crippen LogP contribution in [0, 0.1) is 47.4 Å². The summed E-state index contributed by atoms with van der Waals surface area (Å²) in [5, 5.41) is 2.43. The molecule has 0 aromatic heterocycles. The highest BCUT2D eigenvalue weighted by Gasteiger charge is 2.56. The van der Waals surface area contributed by atoms with Crippen molar-refractivity contribution in [3.63, 3.8) is 0 Å². The minimum Gasteiger partial charge on any atom is -0.488 e. The third-order valence-electron chi connectivity index (χ3n) is 30.8. The highest BCUT2D eigenvalue weighted by Crippen LogP contribution is 2.58. The molecule has 11 nitrogen and oxygen atoms in total. The topological polar surface area (TPSA) is 111 Å². The quantitative estimate of drug-likeness (QED) is 0.135. The van der Waals surface area contributed by atoms with Gasteiger partial charge in [-0.2, -0.15) is 0 Å². The molecular weight excluding hydrogens is 1910 g/mol. The molecule has 5 amide bonds. The van der Waals surface area contributed by atoms with Crippen LogP contribution in [0.4, 0.5) is 61.3 Å². The summed E-state index contributed by atoms with van der Waals surface area (Å²) < 4.78 is 21.2. The van der Waals surface area contributed by atoms with Gasteiger partial charge in [0.05, 0.1) is 55.5 Å². The number of nitrogens with zero attached hydrogens (tertiary/aromatic N) is 5. The highest BCUT2D eigenvalue weighted by atomic mass is 35.5. The molecule has 0 radical (unpaired) electrons. The third kappa shape index (κ3) is 19.5. The fourth-order valence-electron chi connectivity index (χ4n) is 21.6. The maximum absolute atomic E-state index is 15.1. The van der Waals surface area contributed by atoms with Gasteiger partial charge in [-0.1, -0.05) is 323 Å². The maximum atomic E-state index is 15.1. The molecule has 15 aromatic rings. The van der Waals surface area contributed by atoms with Crippen LogP contribution >= 0.6 is 46.4 Å². The molecule has 5 unspecified atom stereocenters. The predicted octanol–water partition coefficient (Wildman–Crippen LogP) is 34.3. The largest absolute Gasteiger partial charge is 0.488 e. The van der Waals surface area contributed by atoms with Gasteiger partial charge >= 0.3 is 0 Å². The van der Waals surface area contributed by atoms with E-state index in [9.17, 15) is 24.0 Å². The summed E-state index contributed by atoms with van der Waals surface area (Å²) in [5.41, 5.74) is 26.0. The molecule has 21 rings (SSSR count). The van der Waals surface area contributed by atoms with Crippen LogP contribution in [0.2, 0.25) is 20.1 Å². The van der Waals surface area contributed by atoms with E-state index in [0.717, 1.165) is 159 Å². The van der Waals surface area contributed by atoms with Gasteiger partial charge in [0.25, 0.3) is 0 Å². The van der Waals surface area contributed by atoms with E-state index < -0.39 is 27.1 Å². The Morgan fingerprint density at radius 2 is 0.554 bits per heavy atom. The second kappa shape index (κ2) is 39.6. The average Bonchev–Trinajstić information content (AvgIpc) is 1.55. The summed E-state index contributed by atoms with van der Waals surface area (Å²) in [6.07, 6.45) is 1.89. The molecule has 0 bridgehead atoms. The van der Waals surface area contributed by atoms with Gasteiger partial charge in [0.2, 0.25) is 29.5 Å². The molecule has 0 aliphatic carbocycles. The first-order valence-corrected chi connectivity index (χ1v) is 52.4. The van der Waals surface area contributed by atoms with E-state index in [1.165, 1.54) is 28.3 Å². The first-order chi connectivity index (χ1) is 69.6. The lowest BCUT2D eigenvalue weighted by atomic mass is 9.75. The molecule has 6 aliphatic heterocycles. The number of amides is 5. The van der Waals surface area contributed by atoms with Crippen LogP contribution in [0.15, 0.2) is 322 Å². The molecule has 15 aromatic carbocycles. The number of hydrogen-bond acceptors (Lipinski definition) is 6. The van der Waals surface area contributed by atoms with E-state index in [4.69, 9.17) is 51.1 Å². The number of anilines is 10. The number of rotatable bonds is 10. The summed E-state index contributed by atoms with van der Waals surface area (Å²) in [7, 11) is 0. The maximum Gasteiger partial charge on any atom is 0.246 e. The van der Waals surface area contributed by atoms with E-state index >= 15 is 4.39 Å². The smallest absolute Gasteiger partial charge is 0.246 e. The summed E-state index contributed by atoms with van der Waals surface area (Å²) in [6, 6.07) is 106.